The highest BCUT2D eigenvalue weighted by Crippen LogP contribution is 2.33. The molecule has 1 aliphatic rings. The fraction of sp³-hybridized carbons (Fsp3) is 0.261. The lowest BCUT2D eigenvalue weighted by molar-refractivity contribution is 0.122. The average Bonchev–Trinajstić information content (AvgIpc) is 3.25. The number of ether oxygens (including phenoxy) is 1. The van der Waals surface area contributed by atoms with Crippen molar-refractivity contribution in [2.75, 3.05) is 31.2 Å². The number of hydrogen-bond acceptors (Lipinski definition) is 6. The summed E-state index contributed by atoms with van der Waals surface area (Å²) in [6, 6.07) is 14.4. The van der Waals surface area contributed by atoms with E-state index in [2.05, 4.69) is 15.1 Å². The zero-order chi connectivity index (χ0) is 22.1. The van der Waals surface area contributed by atoms with E-state index in [1.54, 1.807) is 6.07 Å². The topological polar surface area (TPSA) is 56.1 Å². The Morgan fingerprint density at radius 1 is 1.09 bits per heavy atom. The van der Waals surface area contributed by atoms with E-state index in [0.29, 0.717) is 53.9 Å². The van der Waals surface area contributed by atoms with Gasteiger partial charge in [0.1, 0.15) is 5.82 Å². The molecule has 6 nitrogen and oxygen atoms in total. The summed E-state index contributed by atoms with van der Waals surface area (Å²) in [5.74, 6) is 0.881. The number of pyridine rings is 1. The minimum atomic E-state index is -0.310. The number of nitrogens with zero attached hydrogens (tertiary/aromatic N) is 5. The van der Waals surface area contributed by atoms with Gasteiger partial charge in [-0.1, -0.05) is 47.6 Å². The lowest BCUT2D eigenvalue weighted by Gasteiger charge is -2.27. The Morgan fingerprint density at radius 3 is 2.72 bits per heavy atom. The maximum Gasteiger partial charge on any atom is 0.232 e. The van der Waals surface area contributed by atoms with Gasteiger partial charge in [0.25, 0.3) is 0 Å². The highest BCUT2D eigenvalue weighted by atomic mass is 35.5. The Bertz CT molecular complexity index is 1270. The molecule has 1 aliphatic heterocycles. The van der Waals surface area contributed by atoms with E-state index in [1.165, 1.54) is 23.9 Å². The number of thioether (sulfide) groups is 1. The van der Waals surface area contributed by atoms with Crippen LogP contribution in [0.1, 0.15) is 11.3 Å². The van der Waals surface area contributed by atoms with Gasteiger partial charge in [0.05, 0.1) is 35.1 Å². The zero-order valence-electron chi connectivity index (χ0n) is 17.5. The minimum absolute atomic E-state index is 0.310. The predicted molar refractivity (Wildman–Crippen MR) is 125 cm³/mol. The highest BCUT2D eigenvalue weighted by molar-refractivity contribution is 7.98. The summed E-state index contributed by atoms with van der Waals surface area (Å²) in [6.07, 6.45) is 0. The number of aromatic nitrogens is 4. The molecule has 4 aromatic rings. The first-order valence-corrected chi connectivity index (χ1v) is 11.7. The van der Waals surface area contributed by atoms with E-state index in [-0.39, 0.29) is 5.82 Å². The summed E-state index contributed by atoms with van der Waals surface area (Å²) in [6.45, 7) is 4.65. The van der Waals surface area contributed by atoms with Gasteiger partial charge in [-0.05, 0) is 36.8 Å². The SMILES string of the molecule is Cc1c(Cl)c(CSc2nnc(N3CCOCC3)n2-c2cccc(F)c2)nc2ccccc12. The third-order valence-corrected chi connectivity index (χ3v) is 6.90. The molecule has 5 rings (SSSR count). The molecule has 2 aromatic heterocycles. The molecular formula is C23H21ClFN5OS. The van der Waals surface area contributed by atoms with Gasteiger partial charge in [-0.15, -0.1) is 10.2 Å². The Labute approximate surface area is 194 Å². The van der Waals surface area contributed by atoms with Gasteiger partial charge in [0, 0.05) is 24.2 Å². The molecule has 1 saturated heterocycles. The van der Waals surface area contributed by atoms with E-state index in [9.17, 15) is 4.39 Å². The molecule has 0 radical (unpaired) electrons. The van der Waals surface area contributed by atoms with Gasteiger partial charge in [-0.3, -0.25) is 9.55 Å². The first kappa shape index (κ1) is 21.2. The van der Waals surface area contributed by atoms with Crippen LogP contribution in [0.2, 0.25) is 5.02 Å². The smallest absolute Gasteiger partial charge is 0.232 e. The predicted octanol–water partition coefficient (Wildman–Crippen LogP) is 5.05. The van der Waals surface area contributed by atoms with Crippen LogP contribution in [-0.2, 0) is 10.5 Å². The number of hydrogen-bond donors (Lipinski definition) is 0. The fourth-order valence-corrected chi connectivity index (χ4v) is 4.99. The molecule has 32 heavy (non-hydrogen) atoms. The normalized spacial score (nSPS) is 14.3. The maximum atomic E-state index is 14.0. The van der Waals surface area contributed by atoms with Crippen LogP contribution >= 0.6 is 23.4 Å². The van der Waals surface area contributed by atoms with E-state index in [1.807, 2.05) is 41.8 Å². The molecule has 0 unspecified atom stereocenters. The largest absolute Gasteiger partial charge is 0.378 e. The van der Waals surface area contributed by atoms with Crippen molar-refractivity contribution in [2.24, 2.45) is 0 Å². The Hall–Kier alpha value is -2.68. The van der Waals surface area contributed by atoms with Crippen LogP contribution in [0.25, 0.3) is 16.6 Å². The lowest BCUT2D eigenvalue weighted by atomic mass is 10.1. The summed E-state index contributed by atoms with van der Waals surface area (Å²) in [5.41, 5.74) is 3.38. The molecular weight excluding hydrogens is 449 g/mol. The standard InChI is InChI=1S/C23H21ClFN5OS/c1-15-18-7-2-3-8-19(18)26-20(21(15)24)14-32-23-28-27-22(29-9-11-31-12-10-29)30(23)17-6-4-5-16(25)13-17/h2-8,13H,9-12,14H2,1H3. The number of rotatable bonds is 5. The van der Waals surface area contributed by atoms with Gasteiger partial charge in [0.2, 0.25) is 5.95 Å². The second-order valence-corrected chi connectivity index (χ2v) is 8.82. The van der Waals surface area contributed by atoms with Gasteiger partial charge in [-0.25, -0.2) is 4.39 Å². The van der Waals surface area contributed by atoms with Gasteiger partial charge >= 0.3 is 0 Å². The van der Waals surface area contributed by atoms with E-state index in [4.69, 9.17) is 21.3 Å². The molecule has 2 aromatic carbocycles. The van der Waals surface area contributed by atoms with Crippen LogP contribution in [0.15, 0.2) is 53.7 Å². The number of aryl methyl sites for hydroxylation is 1. The molecule has 164 valence electrons. The zero-order valence-corrected chi connectivity index (χ0v) is 19.0. The third-order valence-electron chi connectivity index (χ3n) is 5.46. The van der Waals surface area contributed by atoms with Crippen LogP contribution in [-0.4, -0.2) is 46.1 Å². The van der Waals surface area contributed by atoms with Crippen molar-refractivity contribution < 1.29 is 9.13 Å². The number of halogens is 2. The second kappa shape index (κ2) is 9.05. The molecule has 9 heteroatoms. The molecule has 3 heterocycles. The van der Waals surface area contributed by atoms with Crippen LogP contribution in [0.3, 0.4) is 0 Å². The number of fused-ring (bicyclic) bond motifs is 1. The second-order valence-electron chi connectivity index (χ2n) is 7.50. The number of benzene rings is 2. The fourth-order valence-electron chi connectivity index (χ4n) is 3.81. The number of anilines is 1. The lowest BCUT2D eigenvalue weighted by Crippen LogP contribution is -2.37. The summed E-state index contributed by atoms with van der Waals surface area (Å²) in [5, 5.41) is 11.2. The summed E-state index contributed by atoms with van der Waals surface area (Å²) in [7, 11) is 0. The number of morpholine rings is 1. The first-order chi connectivity index (χ1) is 15.6. The summed E-state index contributed by atoms with van der Waals surface area (Å²) >= 11 is 8.13. The molecule has 0 N–H and O–H groups in total. The quantitative estimate of drug-likeness (QED) is 0.381. The first-order valence-electron chi connectivity index (χ1n) is 10.3. The summed E-state index contributed by atoms with van der Waals surface area (Å²) < 4.78 is 21.4. The highest BCUT2D eigenvalue weighted by Gasteiger charge is 2.22. The van der Waals surface area contributed by atoms with Gasteiger partial charge in [-0.2, -0.15) is 0 Å². The molecule has 0 spiro atoms. The van der Waals surface area contributed by atoms with Crippen molar-refractivity contribution in [3.8, 4) is 5.69 Å². The van der Waals surface area contributed by atoms with Crippen molar-refractivity contribution in [3.63, 3.8) is 0 Å². The molecule has 0 atom stereocenters. The maximum absolute atomic E-state index is 14.0. The van der Waals surface area contributed by atoms with E-state index >= 15 is 0 Å². The Morgan fingerprint density at radius 2 is 1.91 bits per heavy atom. The minimum Gasteiger partial charge on any atom is -0.378 e. The van der Waals surface area contributed by atoms with Crippen molar-refractivity contribution >= 4 is 40.2 Å². The van der Waals surface area contributed by atoms with E-state index in [0.717, 1.165) is 22.2 Å². The van der Waals surface area contributed by atoms with Crippen molar-refractivity contribution in [1.82, 2.24) is 19.7 Å². The molecule has 0 aliphatic carbocycles. The Balaban J connectivity index is 1.51. The Kier molecular flexibility index (Phi) is 5.99. The molecule has 0 amide bonds. The third kappa shape index (κ3) is 4.05. The monoisotopic (exact) mass is 469 g/mol. The average molecular weight is 470 g/mol. The molecule has 0 saturated carbocycles. The van der Waals surface area contributed by atoms with Crippen molar-refractivity contribution in [1.29, 1.82) is 0 Å². The molecule has 1 fully saturated rings. The van der Waals surface area contributed by atoms with Crippen molar-refractivity contribution in [3.05, 3.63) is 70.6 Å². The van der Waals surface area contributed by atoms with Crippen LogP contribution < -0.4 is 4.90 Å². The number of para-hydroxylation sites is 1. The van der Waals surface area contributed by atoms with Gasteiger partial charge in [0.15, 0.2) is 5.16 Å². The summed E-state index contributed by atoms with van der Waals surface area (Å²) in [4.78, 5) is 6.87. The van der Waals surface area contributed by atoms with Crippen molar-refractivity contribution in [2.45, 2.75) is 17.8 Å². The van der Waals surface area contributed by atoms with E-state index < -0.39 is 0 Å². The van der Waals surface area contributed by atoms with Gasteiger partial charge < -0.3 is 9.64 Å². The molecule has 0 bridgehead atoms. The van der Waals surface area contributed by atoms with Crippen LogP contribution in [0, 0.1) is 12.7 Å². The van der Waals surface area contributed by atoms with Crippen LogP contribution in [0.5, 0.6) is 0 Å². The van der Waals surface area contributed by atoms with Crippen LogP contribution in [0.4, 0.5) is 10.3 Å².